The van der Waals surface area contributed by atoms with E-state index in [1.54, 1.807) is 0 Å². The average Bonchev–Trinajstić information content (AvgIpc) is 2.98. The molecule has 0 spiro atoms. The van der Waals surface area contributed by atoms with E-state index in [1.165, 1.54) is 11.1 Å². The molecule has 3 aromatic rings. The number of nitrogens with one attached hydrogen (secondary N) is 1. The fourth-order valence-electron chi connectivity index (χ4n) is 3.48. The highest BCUT2D eigenvalue weighted by Gasteiger charge is 2.23. The topological polar surface area (TPSA) is 36.1 Å². The molecule has 0 aliphatic carbocycles. The molecular formula is C21H20N2O. The van der Waals surface area contributed by atoms with Crippen molar-refractivity contribution in [3.8, 4) is 0 Å². The third-order valence-electron chi connectivity index (χ3n) is 4.75. The number of carbonyl (C=O) groups excluding carboxylic acids is 1. The van der Waals surface area contributed by atoms with Crippen molar-refractivity contribution in [3.63, 3.8) is 0 Å². The Morgan fingerprint density at radius 3 is 2.54 bits per heavy atom. The molecule has 0 saturated carbocycles. The van der Waals surface area contributed by atoms with Gasteiger partial charge in [0, 0.05) is 29.7 Å². The van der Waals surface area contributed by atoms with Crippen LogP contribution in [0.5, 0.6) is 0 Å². The lowest BCUT2D eigenvalue weighted by atomic mass is 9.99. The summed E-state index contributed by atoms with van der Waals surface area (Å²) in [6.07, 6.45) is 3.08. The second-order valence-corrected chi connectivity index (χ2v) is 6.27. The standard InChI is InChI=1S/C21H20N2O/c1-15-20(18-9-5-6-10-19(18)22-15)21(24)23-13-11-17(12-14-23)16-7-3-2-4-8-16/h2-11,22H,12-14H2,1H3. The number of rotatable bonds is 2. The molecule has 4 rings (SSSR count). The van der Waals surface area contributed by atoms with Crippen LogP contribution < -0.4 is 0 Å². The maximum Gasteiger partial charge on any atom is 0.256 e. The number of para-hydroxylation sites is 1. The normalized spacial score (nSPS) is 14.7. The summed E-state index contributed by atoms with van der Waals surface area (Å²) in [4.78, 5) is 18.3. The van der Waals surface area contributed by atoms with E-state index in [0.29, 0.717) is 6.54 Å². The third-order valence-corrected chi connectivity index (χ3v) is 4.75. The highest BCUT2D eigenvalue weighted by Crippen LogP contribution is 2.26. The number of aryl methyl sites for hydroxylation is 1. The molecule has 0 saturated heterocycles. The maximum atomic E-state index is 13.0. The van der Waals surface area contributed by atoms with Gasteiger partial charge in [0.15, 0.2) is 0 Å². The van der Waals surface area contributed by atoms with E-state index >= 15 is 0 Å². The first-order chi connectivity index (χ1) is 11.7. The van der Waals surface area contributed by atoms with Crippen LogP contribution in [0.1, 0.15) is 28.0 Å². The van der Waals surface area contributed by atoms with Crippen molar-refractivity contribution >= 4 is 22.4 Å². The number of fused-ring (bicyclic) bond motifs is 1. The van der Waals surface area contributed by atoms with Gasteiger partial charge < -0.3 is 9.88 Å². The van der Waals surface area contributed by atoms with Gasteiger partial charge >= 0.3 is 0 Å². The van der Waals surface area contributed by atoms with Crippen LogP contribution in [0.3, 0.4) is 0 Å². The molecule has 0 unspecified atom stereocenters. The van der Waals surface area contributed by atoms with Gasteiger partial charge in [-0.05, 0) is 30.5 Å². The van der Waals surface area contributed by atoms with Crippen LogP contribution >= 0.6 is 0 Å². The molecule has 0 radical (unpaired) electrons. The van der Waals surface area contributed by atoms with Crippen LogP contribution in [0.2, 0.25) is 0 Å². The minimum atomic E-state index is 0.119. The first kappa shape index (κ1) is 14.8. The maximum absolute atomic E-state index is 13.0. The molecule has 1 aromatic heterocycles. The van der Waals surface area contributed by atoms with Gasteiger partial charge in [0.05, 0.1) is 5.56 Å². The Morgan fingerprint density at radius 2 is 1.79 bits per heavy atom. The minimum Gasteiger partial charge on any atom is -0.358 e. The van der Waals surface area contributed by atoms with Crippen molar-refractivity contribution < 1.29 is 4.79 Å². The van der Waals surface area contributed by atoms with Crippen molar-refractivity contribution in [1.82, 2.24) is 9.88 Å². The molecule has 1 aliphatic heterocycles. The summed E-state index contributed by atoms with van der Waals surface area (Å²) in [6, 6.07) is 18.4. The monoisotopic (exact) mass is 316 g/mol. The summed E-state index contributed by atoms with van der Waals surface area (Å²) >= 11 is 0. The van der Waals surface area contributed by atoms with Gasteiger partial charge in [0.1, 0.15) is 0 Å². The van der Waals surface area contributed by atoms with Crippen molar-refractivity contribution in [3.05, 3.63) is 77.5 Å². The molecule has 1 amide bonds. The summed E-state index contributed by atoms with van der Waals surface area (Å²) in [7, 11) is 0. The van der Waals surface area contributed by atoms with E-state index in [4.69, 9.17) is 0 Å². The van der Waals surface area contributed by atoms with E-state index in [-0.39, 0.29) is 5.91 Å². The largest absolute Gasteiger partial charge is 0.358 e. The van der Waals surface area contributed by atoms with Crippen LogP contribution in [0.15, 0.2) is 60.7 Å². The number of aromatic nitrogens is 1. The fourth-order valence-corrected chi connectivity index (χ4v) is 3.48. The summed E-state index contributed by atoms with van der Waals surface area (Å²) in [6.45, 7) is 3.41. The van der Waals surface area contributed by atoms with Crippen molar-refractivity contribution in [2.45, 2.75) is 13.3 Å². The van der Waals surface area contributed by atoms with Gasteiger partial charge in [0.2, 0.25) is 0 Å². The van der Waals surface area contributed by atoms with E-state index in [2.05, 4.69) is 35.3 Å². The number of H-pyrrole nitrogens is 1. The summed E-state index contributed by atoms with van der Waals surface area (Å²) < 4.78 is 0. The number of nitrogens with zero attached hydrogens (tertiary/aromatic N) is 1. The zero-order valence-corrected chi connectivity index (χ0v) is 13.8. The Morgan fingerprint density at radius 1 is 1.04 bits per heavy atom. The van der Waals surface area contributed by atoms with Crippen LogP contribution in [0.25, 0.3) is 16.5 Å². The molecule has 1 N–H and O–H groups in total. The summed E-state index contributed by atoms with van der Waals surface area (Å²) in [5.74, 6) is 0.119. The average molecular weight is 316 g/mol. The van der Waals surface area contributed by atoms with Gasteiger partial charge in [-0.2, -0.15) is 0 Å². The molecule has 0 bridgehead atoms. The van der Waals surface area contributed by atoms with Crippen molar-refractivity contribution in [2.24, 2.45) is 0 Å². The zero-order chi connectivity index (χ0) is 16.5. The zero-order valence-electron chi connectivity index (χ0n) is 13.8. The molecule has 3 heteroatoms. The van der Waals surface area contributed by atoms with E-state index in [1.807, 2.05) is 42.2 Å². The quantitative estimate of drug-likeness (QED) is 0.747. The molecule has 2 aromatic carbocycles. The smallest absolute Gasteiger partial charge is 0.256 e. The number of benzene rings is 2. The first-order valence-electron chi connectivity index (χ1n) is 8.35. The lowest BCUT2D eigenvalue weighted by Gasteiger charge is -2.27. The highest BCUT2D eigenvalue weighted by atomic mass is 16.2. The van der Waals surface area contributed by atoms with E-state index in [9.17, 15) is 4.79 Å². The summed E-state index contributed by atoms with van der Waals surface area (Å²) in [5, 5.41) is 1.01. The van der Waals surface area contributed by atoms with E-state index < -0.39 is 0 Å². The van der Waals surface area contributed by atoms with Crippen LogP contribution in [-0.2, 0) is 0 Å². The predicted molar refractivity (Wildman–Crippen MR) is 98.0 cm³/mol. The third kappa shape index (κ3) is 2.52. The van der Waals surface area contributed by atoms with Gasteiger partial charge in [0.25, 0.3) is 5.91 Å². The van der Waals surface area contributed by atoms with Crippen molar-refractivity contribution in [1.29, 1.82) is 0 Å². The fraction of sp³-hybridized carbons (Fsp3) is 0.190. The second kappa shape index (κ2) is 6.00. The number of amides is 1. The highest BCUT2D eigenvalue weighted by molar-refractivity contribution is 6.08. The van der Waals surface area contributed by atoms with Crippen molar-refractivity contribution in [2.75, 3.05) is 13.1 Å². The molecule has 0 fully saturated rings. The van der Waals surface area contributed by atoms with Gasteiger partial charge in [-0.3, -0.25) is 4.79 Å². The van der Waals surface area contributed by atoms with E-state index in [0.717, 1.165) is 35.1 Å². The Bertz CT molecular complexity index is 921. The molecule has 0 atom stereocenters. The number of aromatic amines is 1. The lowest BCUT2D eigenvalue weighted by Crippen LogP contribution is -2.34. The van der Waals surface area contributed by atoms with Crippen LogP contribution in [0.4, 0.5) is 0 Å². The second-order valence-electron chi connectivity index (χ2n) is 6.27. The molecular weight excluding hydrogens is 296 g/mol. The van der Waals surface area contributed by atoms with Gasteiger partial charge in [-0.15, -0.1) is 0 Å². The predicted octanol–water partition coefficient (Wildman–Crippen LogP) is 4.41. The number of hydrogen-bond acceptors (Lipinski definition) is 1. The minimum absolute atomic E-state index is 0.119. The Kier molecular flexibility index (Phi) is 3.69. The Hall–Kier alpha value is -2.81. The van der Waals surface area contributed by atoms with Crippen LogP contribution in [-0.4, -0.2) is 28.9 Å². The molecule has 3 nitrogen and oxygen atoms in total. The SMILES string of the molecule is Cc1[nH]c2ccccc2c1C(=O)N1CC=C(c2ccccc2)CC1. The Balaban J connectivity index is 1.60. The molecule has 120 valence electrons. The molecule has 1 aliphatic rings. The Labute approximate surface area is 141 Å². The molecule has 24 heavy (non-hydrogen) atoms. The summed E-state index contributed by atoms with van der Waals surface area (Å²) in [5.41, 5.74) is 5.36. The lowest BCUT2D eigenvalue weighted by molar-refractivity contribution is 0.0774. The number of carbonyl (C=O) groups is 1. The molecule has 2 heterocycles. The van der Waals surface area contributed by atoms with Crippen LogP contribution in [0, 0.1) is 6.92 Å². The number of hydrogen-bond donors (Lipinski definition) is 1. The first-order valence-corrected chi connectivity index (χ1v) is 8.35. The van der Waals surface area contributed by atoms with Gasteiger partial charge in [-0.25, -0.2) is 0 Å². The van der Waals surface area contributed by atoms with Gasteiger partial charge in [-0.1, -0.05) is 54.6 Å².